The molecule has 0 aliphatic carbocycles. The number of hydrogen-bond donors (Lipinski definition) is 0. The summed E-state index contributed by atoms with van der Waals surface area (Å²) in [7, 11) is 0. The molecule has 0 aliphatic rings. The Hall–Kier alpha value is -1.66. The van der Waals surface area contributed by atoms with Crippen molar-refractivity contribution in [2.24, 2.45) is 0 Å². The van der Waals surface area contributed by atoms with Crippen molar-refractivity contribution in [3.8, 4) is 17.3 Å². The van der Waals surface area contributed by atoms with Gasteiger partial charge in [0.1, 0.15) is 0 Å². The lowest BCUT2D eigenvalue weighted by Crippen LogP contribution is -1.84. The molecule has 0 amide bonds. The Kier molecular flexibility index (Phi) is 3.89. The van der Waals surface area contributed by atoms with Crippen LogP contribution in [0.25, 0.3) is 11.3 Å². The normalized spacial score (nSPS) is 10.1. The Bertz CT molecular complexity index is 520. The number of hydrogen-bond acceptors (Lipinski definition) is 3. The maximum Gasteiger partial charge on any atom is 0.0991 e. The molecule has 0 aliphatic heterocycles. The van der Waals surface area contributed by atoms with Gasteiger partial charge in [0.25, 0.3) is 0 Å². The molecule has 1 aromatic heterocycles. The van der Waals surface area contributed by atoms with E-state index in [0.717, 1.165) is 17.7 Å². The van der Waals surface area contributed by atoms with Crippen LogP contribution in [-0.2, 0) is 6.42 Å². The molecule has 2 nitrogen and oxygen atoms in total. The van der Waals surface area contributed by atoms with Gasteiger partial charge in [-0.15, -0.1) is 11.3 Å². The molecule has 0 radical (unpaired) electrons. The maximum atomic E-state index is 8.74. The first kappa shape index (κ1) is 11.8. The first-order valence-corrected chi connectivity index (χ1v) is 6.66. The number of benzene rings is 1. The van der Waals surface area contributed by atoms with Gasteiger partial charge >= 0.3 is 0 Å². The molecule has 0 saturated carbocycles. The predicted molar refractivity (Wildman–Crippen MR) is 70.9 cm³/mol. The molecule has 0 bridgehead atoms. The van der Waals surface area contributed by atoms with Crippen LogP contribution >= 0.6 is 11.3 Å². The van der Waals surface area contributed by atoms with E-state index in [4.69, 9.17) is 5.26 Å². The third-order valence-electron chi connectivity index (χ3n) is 2.61. The Labute approximate surface area is 106 Å². The van der Waals surface area contributed by atoms with Gasteiger partial charge in [-0.05, 0) is 25.0 Å². The van der Waals surface area contributed by atoms with Crippen LogP contribution < -0.4 is 0 Å². The zero-order chi connectivity index (χ0) is 12.1. The molecule has 0 atom stereocenters. The third-order valence-corrected chi connectivity index (χ3v) is 3.51. The van der Waals surface area contributed by atoms with Crippen molar-refractivity contribution in [3.63, 3.8) is 0 Å². The summed E-state index contributed by atoms with van der Waals surface area (Å²) in [6.45, 7) is 2.19. The number of unbranched alkanes of at least 4 members (excludes halogenated alkanes) is 1. The Morgan fingerprint density at radius 2 is 2.06 bits per heavy atom. The average Bonchev–Trinajstić information content (AvgIpc) is 2.85. The molecular weight excluding hydrogens is 228 g/mol. The lowest BCUT2D eigenvalue weighted by Gasteiger charge is -1.96. The number of aryl methyl sites for hydroxylation is 1. The van der Waals surface area contributed by atoms with Gasteiger partial charge in [0.15, 0.2) is 0 Å². The van der Waals surface area contributed by atoms with E-state index in [1.165, 1.54) is 17.8 Å². The summed E-state index contributed by atoms with van der Waals surface area (Å²) in [5, 5.41) is 12.0. The first-order valence-electron chi connectivity index (χ1n) is 5.78. The summed E-state index contributed by atoms with van der Waals surface area (Å²) < 4.78 is 0. The van der Waals surface area contributed by atoms with Crippen molar-refractivity contribution in [1.29, 1.82) is 5.26 Å². The molecule has 86 valence electrons. The molecular formula is C14H14N2S. The fourth-order valence-corrected chi connectivity index (χ4v) is 2.45. The molecule has 1 aromatic carbocycles. The van der Waals surface area contributed by atoms with Crippen LogP contribution in [-0.4, -0.2) is 4.98 Å². The molecule has 2 aromatic rings. The van der Waals surface area contributed by atoms with E-state index in [1.54, 1.807) is 11.3 Å². The second-order valence-corrected chi connectivity index (χ2v) is 4.86. The van der Waals surface area contributed by atoms with E-state index >= 15 is 0 Å². The average molecular weight is 242 g/mol. The maximum absolute atomic E-state index is 8.74. The Morgan fingerprint density at radius 3 is 2.71 bits per heavy atom. The monoisotopic (exact) mass is 242 g/mol. The second kappa shape index (κ2) is 5.60. The SMILES string of the molecule is CCCCc1nc(-c2ccc(C#N)cc2)cs1. The van der Waals surface area contributed by atoms with E-state index in [0.29, 0.717) is 5.56 Å². The quantitative estimate of drug-likeness (QED) is 0.811. The molecule has 0 unspecified atom stereocenters. The highest BCUT2D eigenvalue weighted by atomic mass is 32.1. The van der Waals surface area contributed by atoms with Gasteiger partial charge in [0.05, 0.1) is 22.3 Å². The summed E-state index contributed by atoms with van der Waals surface area (Å²) in [5.74, 6) is 0. The minimum Gasteiger partial charge on any atom is -0.241 e. The highest BCUT2D eigenvalue weighted by Gasteiger charge is 2.04. The van der Waals surface area contributed by atoms with Crippen LogP contribution in [0, 0.1) is 11.3 Å². The minimum absolute atomic E-state index is 0.690. The summed E-state index contributed by atoms with van der Waals surface area (Å²) in [6.07, 6.45) is 3.46. The topological polar surface area (TPSA) is 36.7 Å². The summed E-state index contributed by atoms with van der Waals surface area (Å²) in [4.78, 5) is 4.61. The van der Waals surface area contributed by atoms with Gasteiger partial charge < -0.3 is 0 Å². The van der Waals surface area contributed by atoms with Gasteiger partial charge in [-0.1, -0.05) is 25.5 Å². The highest BCUT2D eigenvalue weighted by Crippen LogP contribution is 2.23. The third kappa shape index (κ3) is 2.92. The fraction of sp³-hybridized carbons (Fsp3) is 0.286. The summed E-state index contributed by atoms with van der Waals surface area (Å²) in [5.41, 5.74) is 2.80. The molecule has 0 spiro atoms. The van der Waals surface area contributed by atoms with E-state index in [9.17, 15) is 0 Å². The number of rotatable bonds is 4. The Balaban J connectivity index is 2.16. The second-order valence-electron chi connectivity index (χ2n) is 3.92. The largest absolute Gasteiger partial charge is 0.241 e. The first-order chi connectivity index (χ1) is 8.33. The van der Waals surface area contributed by atoms with Gasteiger partial charge in [0, 0.05) is 10.9 Å². The van der Waals surface area contributed by atoms with Crippen molar-refractivity contribution in [1.82, 2.24) is 4.98 Å². The lowest BCUT2D eigenvalue weighted by atomic mass is 10.1. The van der Waals surface area contributed by atoms with Crippen molar-refractivity contribution >= 4 is 11.3 Å². The number of nitriles is 1. The zero-order valence-corrected chi connectivity index (χ0v) is 10.6. The predicted octanol–water partition coefficient (Wildman–Crippen LogP) is 4.02. The standard InChI is InChI=1S/C14H14N2S/c1-2-3-4-14-16-13(10-17-14)12-7-5-11(9-15)6-8-12/h5-8,10H,2-4H2,1H3. The van der Waals surface area contributed by atoms with Crippen LogP contribution in [0.15, 0.2) is 29.6 Å². The van der Waals surface area contributed by atoms with Crippen LogP contribution in [0.3, 0.4) is 0 Å². The smallest absolute Gasteiger partial charge is 0.0991 e. The number of nitrogens with zero attached hydrogens (tertiary/aromatic N) is 2. The fourth-order valence-electron chi connectivity index (χ4n) is 1.60. The molecule has 17 heavy (non-hydrogen) atoms. The van der Waals surface area contributed by atoms with Crippen LogP contribution in [0.2, 0.25) is 0 Å². The van der Waals surface area contributed by atoms with E-state index in [2.05, 4.69) is 23.4 Å². The molecule has 3 heteroatoms. The van der Waals surface area contributed by atoms with E-state index in [1.807, 2.05) is 24.3 Å². The molecule has 0 N–H and O–H groups in total. The van der Waals surface area contributed by atoms with E-state index < -0.39 is 0 Å². The van der Waals surface area contributed by atoms with Crippen molar-refractivity contribution in [2.45, 2.75) is 26.2 Å². The van der Waals surface area contributed by atoms with Crippen LogP contribution in [0.4, 0.5) is 0 Å². The van der Waals surface area contributed by atoms with Gasteiger partial charge in [-0.25, -0.2) is 4.98 Å². The zero-order valence-electron chi connectivity index (χ0n) is 9.81. The number of aromatic nitrogens is 1. The lowest BCUT2D eigenvalue weighted by molar-refractivity contribution is 0.790. The minimum atomic E-state index is 0.690. The summed E-state index contributed by atoms with van der Waals surface area (Å²) >= 11 is 1.72. The van der Waals surface area contributed by atoms with E-state index in [-0.39, 0.29) is 0 Å². The van der Waals surface area contributed by atoms with Gasteiger partial charge in [-0.3, -0.25) is 0 Å². The van der Waals surface area contributed by atoms with Gasteiger partial charge in [-0.2, -0.15) is 5.26 Å². The number of thiazole rings is 1. The Morgan fingerprint density at radius 1 is 1.29 bits per heavy atom. The molecule has 0 saturated heterocycles. The van der Waals surface area contributed by atoms with Crippen LogP contribution in [0.5, 0.6) is 0 Å². The molecule has 2 rings (SSSR count). The van der Waals surface area contributed by atoms with Gasteiger partial charge in [0.2, 0.25) is 0 Å². The van der Waals surface area contributed by atoms with Crippen molar-refractivity contribution < 1.29 is 0 Å². The highest BCUT2D eigenvalue weighted by molar-refractivity contribution is 7.09. The van der Waals surface area contributed by atoms with Crippen molar-refractivity contribution in [2.75, 3.05) is 0 Å². The summed E-state index contributed by atoms with van der Waals surface area (Å²) in [6, 6.07) is 9.70. The van der Waals surface area contributed by atoms with Crippen LogP contribution in [0.1, 0.15) is 30.3 Å². The molecule has 0 fully saturated rings. The molecule has 1 heterocycles. The van der Waals surface area contributed by atoms with Crippen molar-refractivity contribution in [3.05, 3.63) is 40.2 Å².